The molecule has 1 heterocycles. The second kappa shape index (κ2) is 6.77. The van der Waals surface area contributed by atoms with E-state index in [0.29, 0.717) is 18.2 Å². The molecule has 1 amide bonds. The Morgan fingerprint density at radius 2 is 2.00 bits per heavy atom. The lowest BCUT2D eigenvalue weighted by Crippen LogP contribution is -2.39. The van der Waals surface area contributed by atoms with Crippen molar-refractivity contribution in [2.24, 2.45) is 5.92 Å². The van der Waals surface area contributed by atoms with E-state index in [9.17, 15) is 9.90 Å². The third kappa shape index (κ3) is 3.36. The molecule has 24 heavy (non-hydrogen) atoms. The molecule has 5 nitrogen and oxygen atoms in total. The molecule has 1 aromatic heterocycles. The quantitative estimate of drug-likeness (QED) is 0.919. The lowest BCUT2D eigenvalue weighted by atomic mass is 9.82. The first-order valence-electron chi connectivity index (χ1n) is 8.54. The van der Waals surface area contributed by atoms with E-state index in [1.165, 1.54) is 0 Å². The van der Waals surface area contributed by atoms with E-state index in [2.05, 4.69) is 18.9 Å². The Labute approximate surface area is 142 Å². The zero-order chi connectivity index (χ0) is 17.3. The van der Waals surface area contributed by atoms with Crippen LogP contribution in [0.25, 0.3) is 5.69 Å². The molecule has 0 spiro atoms. The molecule has 1 fully saturated rings. The zero-order valence-corrected chi connectivity index (χ0v) is 14.5. The van der Waals surface area contributed by atoms with Gasteiger partial charge in [0.25, 0.3) is 5.91 Å². The number of carbonyl (C=O) groups excluding carboxylic acids is 1. The number of amides is 1. The summed E-state index contributed by atoms with van der Waals surface area (Å²) in [6.45, 7) is 4.87. The number of aliphatic hydroxyl groups is 1. The summed E-state index contributed by atoms with van der Waals surface area (Å²) in [7, 11) is 1.81. The van der Waals surface area contributed by atoms with Gasteiger partial charge in [-0.25, -0.2) is 4.68 Å². The summed E-state index contributed by atoms with van der Waals surface area (Å²) in [5.74, 6) is 0.606. The summed E-state index contributed by atoms with van der Waals surface area (Å²) >= 11 is 0. The van der Waals surface area contributed by atoms with E-state index in [4.69, 9.17) is 0 Å². The molecular formula is C19H25N3O2. The largest absolute Gasteiger partial charge is 0.393 e. The molecule has 3 rings (SSSR count). The van der Waals surface area contributed by atoms with Crippen LogP contribution < -0.4 is 0 Å². The van der Waals surface area contributed by atoms with Crippen LogP contribution >= 0.6 is 0 Å². The van der Waals surface area contributed by atoms with E-state index in [-0.39, 0.29) is 17.9 Å². The molecule has 1 saturated carbocycles. The van der Waals surface area contributed by atoms with Gasteiger partial charge in [0, 0.05) is 19.3 Å². The van der Waals surface area contributed by atoms with Crippen LogP contribution in [0.15, 0.2) is 36.4 Å². The van der Waals surface area contributed by atoms with Crippen molar-refractivity contribution in [3.8, 4) is 5.69 Å². The Morgan fingerprint density at radius 1 is 1.33 bits per heavy atom. The van der Waals surface area contributed by atoms with Crippen molar-refractivity contribution < 1.29 is 9.90 Å². The number of para-hydroxylation sites is 1. The van der Waals surface area contributed by atoms with Crippen LogP contribution in [0.3, 0.4) is 0 Å². The summed E-state index contributed by atoms with van der Waals surface area (Å²) in [6, 6.07) is 11.8. The monoisotopic (exact) mass is 327 g/mol. The predicted molar refractivity (Wildman–Crippen MR) is 93.3 cm³/mol. The average molecular weight is 327 g/mol. The maximum absolute atomic E-state index is 12.7. The van der Waals surface area contributed by atoms with Gasteiger partial charge in [-0.15, -0.1) is 0 Å². The van der Waals surface area contributed by atoms with Gasteiger partial charge in [-0.1, -0.05) is 32.0 Å². The summed E-state index contributed by atoms with van der Waals surface area (Å²) in [6.07, 6.45) is 1.38. The Bertz CT molecular complexity index is 703. The molecule has 0 saturated heterocycles. The number of aliphatic hydroxyl groups excluding tert-OH is 1. The van der Waals surface area contributed by atoms with Gasteiger partial charge in [0.1, 0.15) is 0 Å². The second-order valence-electron chi connectivity index (χ2n) is 7.03. The molecule has 0 aliphatic heterocycles. The number of rotatable bonds is 5. The standard InChI is InChI=1S/C19H25N3O2/c1-13(2)18-11-17(20-22(18)15-7-5-4-6-8-15)19(24)21(3)12-14-9-16(23)10-14/h4-8,11,13-14,16,23H,9-10,12H2,1-3H3. The van der Waals surface area contributed by atoms with Gasteiger partial charge in [-0.05, 0) is 42.9 Å². The lowest BCUT2D eigenvalue weighted by molar-refractivity contribution is 0.0264. The Hall–Kier alpha value is -2.14. The van der Waals surface area contributed by atoms with Crippen LogP contribution in [0.1, 0.15) is 48.8 Å². The van der Waals surface area contributed by atoms with E-state index in [0.717, 1.165) is 24.2 Å². The van der Waals surface area contributed by atoms with Crippen molar-refractivity contribution in [3.63, 3.8) is 0 Å². The van der Waals surface area contributed by atoms with Crippen molar-refractivity contribution in [2.45, 2.75) is 38.7 Å². The van der Waals surface area contributed by atoms with Gasteiger partial charge in [-0.3, -0.25) is 4.79 Å². The minimum atomic E-state index is -0.191. The Morgan fingerprint density at radius 3 is 2.58 bits per heavy atom. The number of aromatic nitrogens is 2. The van der Waals surface area contributed by atoms with Crippen LogP contribution in [0.4, 0.5) is 0 Å². The fraction of sp³-hybridized carbons (Fsp3) is 0.474. The summed E-state index contributed by atoms with van der Waals surface area (Å²) in [4.78, 5) is 14.4. The third-order valence-electron chi connectivity index (χ3n) is 4.64. The number of hydrogen-bond donors (Lipinski definition) is 1. The van der Waals surface area contributed by atoms with Gasteiger partial charge in [0.2, 0.25) is 0 Å². The molecule has 1 N–H and O–H groups in total. The Balaban J connectivity index is 1.82. The molecule has 1 aromatic carbocycles. The number of benzene rings is 1. The number of carbonyl (C=O) groups is 1. The topological polar surface area (TPSA) is 58.4 Å². The zero-order valence-electron chi connectivity index (χ0n) is 14.5. The second-order valence-corrected chi connectivity index (χ2v) is 7.03. The minimum absolute atomic E-state index is 0.0621. The van der Waals surface area contributed by atoms with Crippen LogP contribution in [-0.4, -0.2) is 45.4 Å². The fourth-order valence-corrected chi connectivity index (χ4v) is 3.20. The summed E-state index contributed by atoms with van der Waals surface area (Å²) in [5.41, 5.74) is 2.46. The average Bonchev–Trinajstić information content (AvgIpc) is 2.99. The first kappa shape index (κ1) is 16.7. The molecule has 0 atom stereocenters. The van der Waals surface area contributed by atoms with E-state index >= 15 is 0 Å². The Kier molecular flexibility index (Phi) is 4.71. The van der Waals surface area contributed by atoms with E-state index in [1.54, 1.807) is 4.90 Å². The van der Waals surface area contributed by atoms with Gasteiger partial charge in [0.05, 0.1) is 11.8 Å². The van der Waals surface area contributed by atoms with Crippen molar-refractivity contribution in [2.75, 3.05) is 13.6 Å². The first-order chi connectivity index (χ1) is 11.5. The summed E-state index contributed by atoms with van der Waals surface area (Å²) in [5, 5.41) is 14.0. The summed E-state index contributed by atoms with van der Waals surface area (Å²) < 4.78 is 1.86. The lowest BCUT2D eigenvalue weighted by Gasteiger charge is -2.34. The number of nitrogens with zero attached hydrogens (tertiary/aromatic N) is 3. The molecule has 0 radical (unpaired) electrons. The first-order valence-corrected chi connectivity index (χ1v) is 8.54. The van der Waals surface area contributed by atoms with Crippen molar-refractivity contribution in [1.29, 1.82) is 0 Å². The van der Waals surface area contributed by atoms with Gasteiger partial charge in [-0.2, -0.15) is 5.10 Å². The molecule has 0 bridgehead atoms. The maximum atomic E-state index is 12.7. The maximum Gasteiger partial charge on any atom is 0.274 e. The van der Waals surface area contributed by atoms with Gasteiger partial charge >= 0.3 is 0 Å². The van der Waals surface area contributed by atoms with Gasteiger partial charge < -0.3 is 10.0 Å². The smallest absolute Gasteiger partial charge is 0.274 e. The number of hydrogen-bond acceptors (Lipinski definition) is 3. The molecule has 128 valence electrons. The molecule has 2 aromatic rings. The van der Waals surface area contributed by atoms with Crippen LogP contribution in [0, 0.1) is 5.92 Å². The third-order valence-corrected chi connectivity index (χ3v) is 4.64. The highest BCUT2D eigenvalue weighted by Crippen LogP contribution is 2.28. The molecule has 1 aliphatic carbocycles. The fourth-order valence-electron chi connectivity index (χ4n) is 3.20. The van der Waals surface area contributed by atoms with E-state index in [1.807, 2.05) is 48.1 Å². The van der Waals surface area contributed by atoms with E-state index < -0.39 is 0 Å². The molecular weight excluding hydrogens is 302 g/mol. The van der Waals surface area contributed by atoms with Crippen LogP contribution in [0.5, 0.6) is 0 Å². The van der Waals surface area contributed by atoms with Crippen LogP contribution in [-0.2, 0) is 0 Å². The molecule has 1 aliphatic rings. The molecule has 0 unspecified atom stereocenters. The highest BCUT2D eigenvalue weighted by atomic mass is 16.3. The normalized spacial score (nSPS) is 20.0. The SMILES string of the molecule is CC(C)c1cc(C(=O)N(C)CC2CC(O)C2)nn1-c1ccccc1. The highest BCUT2D eigenvalue weighted by molar-refractivity contribution is 5.92. The van der Waals surface area contributed by atoms with Crippen molar-refractivity contribution >= 4 is 5.91 Å². The highest BCUT2D eigenvalue weighted by Gasteiger charge is 2.30. The van der Waals surface area contributed by atoms with Crippen LogP contribution in [0.2, 0.25) is 0 Å². The predicted octanol–water partition coefficient (Wildman–Crippen LogP) is 2.84. The minimum Gasteiger partial charge on any atom is -0.393 e. The van der Waals surface area contributed by atoms with Crippen molar-refractivity contribution in [3.05, 3.63) is 47.8 Å². The van der Waals surface area contributed by atoms with Gasteiger partial charge in [0.15, 0.2) is 5.69 Å². The molecule has 5 heteroatoms. The van der Waals surface area contributed by atoms with Crippen molar-refractivity contribution in [1.82, 2.24) is 14.7 Å².